The molecule has 0 spiro atoms. The number of carbonyl (C=O) groups excluding carboxylic acids is 2. The molecule has 1 saturated heterocycles. The smallest absolute Gasteiger partial charge is 0.337 e. The standard InChI is InChI=1S/C31H35ClN2O4/c1-3-28(24-7-5-4-6-8-24)30(35)34-19-17-33(18-20-34)21-29(25-13-15-27(32)16-14-25)38-22-23-9-11-26(12-10-23)31(36)37-2/h4-16,28-29H,3,17-22H2,1-2H3/t28-,29+/m0/s1. The van der Waals surface area contributed by atoms with Gasteiger partial charge in [-0.2, -0.15) is 0 Å². The van der Waals surface area contributed by atoms with Gasteiger partial charge >= 0.3 is 5.97 Å². The molecule has 3 aromatic carbocycles. The van der Waals surface area contributed by atoms with Crippen LogP contribution in [-0.4, -0.2) is 61.5 Å². The van der Waals surface area contributed by atoms with Gasteiger partial charge in [-0.15, -0.1) is 0 Å². The fourth-order valence-corrected chi connectivity index (χ4v) is 4.95. The molecule has 0 unspecified atom stereocenters. The summed E-state index contributed by atoms with van der Waals surface area (Å²) in [6.45, 7) is 6.16. The van der Waals surface area contributed by atoms with E-state index in [-0.39, 0.29) is 23.9 Å². The molecule has 200 valence electrons. The third-order valence-corrected chi connectivity index (χ3v) is 7.34. The van der Waals surface area contributed by atoms with E-state index in [1.165, 1.54) is 7.11 Å². The van der Waals surface area contributed by atoms with E-state index in [1.54, 1.807) is 12.1 Å². The van der Waals surface area contributed by atoms with E-state index in [0.717, 1.165) is 36.2 Å². The molecule has 1 fully saturated rings. The van der Waals surface area contributed by atoms with Crippen LogP contribution < -0.4 is 0 Å². The number of hydrogen-bond acceptors (Lipinski definition) is 5. The lowest BCUT2D eigenvalue weighted by Gasteiger charge is -2.38. The lowest BCUT2D eigenvalue weighted by Crippen LogP contribution is -2.50. The number of rotatable bonds is 10. The summed E-state index contributed by atoms with van der Waals surface area (Å²) < 4.78 is 11.2. The van der Waals surface area contributed by atoms with E-state index in [1.807, 2.05) is 71.6 Å². The molecule has 7 heteroatoms. The predicted molar refractivity (Wildman–Crippen MR) is 149 cm³/mol. The molecule has 4 rings (SSSR count). The maximum absolute atomic E-state index is 13.3. The third-order valence-electron chi connectivity index (χ3n) is 7.08. The molecule has 2 atom stereocenters. The van der Waals surface area contributed by atoms with Crippen LogP contribution in [0.15, 0.2) is 78.9 Å². The van der Waals surface area contributed by atoms with Gasteiger partial charge < -0.3 is 14.4 Å². The van der Waals surface area contributed by atoms with Gasteiger partial charge in [0.25, 0.3) is 0 Å². The second-order valence-corrected chi connectivity index (χ2v) is 9.97. The molecular weight excluding hydrogens is 500 g/mol. The highest BCUT2D eigenvalue weighted by Gasteiger charge is 2.28. The first-order valence-corrected chi connectivity index (χ1v) is 13.5. The predicted octanol–water partition coefficient (Wildman–Crippen LogP) is 5.72. The van der Waals surface area contributed by atoms with Crippen LogP contribution in [0.25, 0.3) is 0 Å². The first kappa shape index (κ1) is 27.8. The van der Waals surface area contributed by atoms with Crippen LogP contribution >= 0.6 is 11.6 Å². The molecule has 0 radical (unpaired) electrons. The summed E-state index contributed by atoms with van der Waals surface area (Å²) >= 11 is 6.13. The number of methoxy groups -OCH3 is 1. The lowest BCUT2D eigenvalue weighted by molar-refractivity contribution is -0.135. The normalized spacial score (nSPS) is 15.6. The van der Waals surface area contributed by atoms with Crippen molar-refractivity contribution in [1.82, 2.24) is 9.80 Å². The number of halogens is 1. The van der Waals surface area contributed by atoms with Crippen molar-refractivity contribution in [2.45, 2.75) is 32.0 Å². The Bertz CT molecular complexity index is 1180. The highest BCUT2D eigenvalue weighted by molar-refractivity contribution is 6.30. The molecule has 1 amide bonds. The summed E-state index contributed by atoms with van der Waals surface area (Å²) in [6.07, 6.45) is 0.624. The Kier molecular flexibility index (Phi) is 9.93. The van der Waals surface area contributed by atoms with Gasteiger partial charge in [0.05, 0.1) is 31.3 Å². The van der Waals surface area contributed by atoms with E-state index in [4.69, 9.17) is 21.1 Å². The summed E-state index contributed by atoms with van der Waals surface area (Å²) in [6, 6.07) is 25.1. The minimum atomic E-state index is -0.358. The Morgan fingerprint density at radius 3 is 2.13 bits per heavy atom. The van der Waals surface area contributed by atoms with Gasteiger partial charge in [-0.05, 0) is 47.4 Å². The minimum absolute atomic E-state index is 0.0986. The van der Waals surface area contributed by atoms with Crippen molar-refractivity contribution in [3.05, 3.63) is 106 Å². The monoisotopic (exact) mass is 534 g/mol. The van der Waals surface area contributed by atoms with E-state index in [2.05, 4.69) is 11.8 Å². The number of esters is 1. The van der Waals surface area contributed by atoms with E-state index >= 15 is 0 Å². The Balaban J connectivity index is 1.37. The Morgan fingerprint density at radius 1 is 0.868 bits per heavy atom. The van der Waals surface area contributed by atoms with E-state index in [9.17, 15) is 9.59 Å². The highest BCUT2D eigenvalue weighted by atomic mass is 35.5. The molecule has 0 bridgehead atoms. The molecule has 38 heavy (non-hydrogen) atoms. The summed E-state index contributed by atoms with van der Waals surface area (Å²) in [5.74, 6) is -0.249. The van der Waals surface area contributed by atoms with Crippen molar-refractivity contribution in [2.24, 2.45) is 0 Å². The molecular formula is C31H35ClN2O4. The average Bonchev–Trinajstić information content (AvgIpc) is 2.97. The zero-order chi connectivity index (χ0) is 26.9. The van der Waals surface area contributed by atoms with Crippen molar-refractivity contribution in [3.63, 3.8) is 0 Å². The Morgan fingerprint density at radius 2 is 1.53 bits per heavy atom. The number of benzene rings is 3. The number of hydrogen-bond donors (Lipinski definition) is 0. The summed E-state index contributed by atoms with van der Waals surface area (Å²) in [4.78, 5) is 29.4. The fraction of sp³-hybridized carbons (Fsp3) is 0.355. The zero-order valence-electron chi connectivity index (χ0n) is 22.0. The molecule has 1 aliphatic rings. The highest BCUT2D eigenvalue weighted by Crippen LogP contribution is 2.25. The molecule has 0 N–H and O–H groups in total. The number of piperazine rings is 1. The van der Waals surface area contributed by atoms with Crippen molar-refractivity contribution < 1.29 is 19.1 Å². The topological polar surface area (TPSA) is 59.1 Å². The minimum Gasteiger partial charge on any atom is -0.465 e. The zero-order valence-corrected chi connectivity index (χ0v) is 22.8. The molecule has 0 saturated carbocycles. The Hall–Kier alpha value is -3.19. The molecule has 6 nitrogen and oxygen atoms in total. The second kappa shape index (κ2) is 13.6. The number of ether oxygens (including phenoxy) is 2. The van der Waals surface area contributed by atoms with Crippen LogP contribution in [-0.2, 0) is 20.9 Å². The number of amides is 1. The van der Waals surface area contributed by atoms with E-state index < -0.39 is 0 Å². The molecule has 0 aromatic heterocycles. The van der Waals surface area contributed by atoms with Gasteiger partial charge in [0.15, 0.2) is 0 Å². The SMILES string of the molecule is CC[C@H](C(=O)N1CCN(C[C@@H](OCc2ccc(C(=O)OC)cc2)c2ccc(Cl)cc2)CC1)c1ccccc1. The summed E-state index contributed by atoms with van der Waals surface area (Å²) in [5, 5.41) is 0.682. The summed E-state index contributed by atoms with van der Waals surface area (Å²) in [5.41, 5.74) is 3.61. The number of nitrogens with zero attached hydrogens (tertiary/aromatic N) is 2. The van der Waals surface area contributed by atoms with Crippen LogP contribution in [0.3, 0.4) is 0 Å². The maximum atomic E-state index is 13.3. The largest absolute Gasteiger partial charge is 0.465 e. The first-order valence-electron chi connectivity index (χ1n) is 13.1. The average molecular weight is 535 g/mol. The van der Waals surface area contributed by atoms with Crippen LogP contribution in [0.5, 0.6) is 0 Å². The van der Waals surface area contributed by atoms with Crippen LogP contribution in [0.1, 0.15) is 52.4 Å². The summed E-state index contributed by atoms with van der Waals surface area (Å²) in [7, 11) is 1.37. The van der Waals surface area contributed by atoms with Gasteiger partial charge in [-0.3, -0.25) is 9.69 Å². The van der Waals surface area contributed by atoms with Crippen molar-refractivity contribution in [1.29, 1.82) is 0 Å². The van der Waals surface area contributed by atoms with Gasteiger partial charge in [0, 0.05) is 37.7 Å². The van der Waals surface area contributed by atoms with Crippen LogP contribution in [0.4, 0.5) is 0 Å². The van der Waals surface area contributed by atoms with Crippen molar-refractivity contribution in [2.75, 3.05) is 39.8 Å². The molecule has 1 heterocycles. The molecule has 1 aliphatic heterocycles. The van der Waals surface area contributed by atoms with Gasteiger partial charge in [-0.25, -0.2) is 4.79 Å². The Labute approximate surface area is 230 Å². The quantitative estimate of drug-likeness (QED) is 0.311. The lowest BCUT2D eigenvalue weighted by atomic mass is 9.95. The maximum Gasteiger partial charge on any atom is 0.337 e. The molecule has 3 aromatic rings. The van der Waals surface area contributed by atoms with Gasteiger partial charge in [0.2, 0.25) is 5.91 Å². The number of carbonyl (C=O) groups is 2. The van der Waals surface area contributed by atoms with Crippen molar-refractivity contribution >= 4 is 23.5 Å². The van der Waals surface area contributed by atoms with Gasteiger partial charge in [0.1, 0.15) is 0 Å². The first-order chi connectivity index (χ1) is 18.5. The fourth-order valence-electron chi connectivity index (χ4n) is 4.83. The van der Waals surface area contributed by atoms with Crippen molar-refractivity contribution in [3.8, 4) is 0 Å². The second-order valence-electron chi connectivity index (χ2n) is 9.54. The van der Waals surface area contributed by atoms with Crippen LogP contribution in [0.2, 0.25) is 5.02 Å². The van der Waals surface area contributed by atoms with Gasteiger partial charge in [-0.1, -0.05) is 73.1 Å². The molecule has 0 aliphatic carbocycles. The van der Waals surface area contributed by atoms with Crippen LogP contribution in [0, 0.1) is 0 Å². The van der Waals surface area contributed by atoms with E-state index in [0.29, 0.717) is 36.8 Å². The third kappa shape index (κ3) is 7.22.